The highest BCUT2D eigenvalue weighted by atomic mass is 79.9. The van der Waals surface area contributed by atoms with Gasteiger partial charge in [-0.1, -0.05) is 15.9 Å². The van der Waals surface area contributed by atoms with Crippen molar-refractivity contribution < 1.29 is 26.7 Å². The maximum Gasteiger partial charge on any atom is 0.573 e. The predicted octanol–water partition coefficient (Wildman–Crippen LogP) is 3.95. The molecule has 1 fully saturated rings. The first-order valence-corrected chi connectivity index (χ1v) is 7.83. The van der Waals surface area contributed by atoms with Crippen LogP contribution in [0.1, 0.15) is 18.0 Å². The van der Waals surface area contributed by atoms with Crippen molar-refractivity contribution in [2.45, 2.75) is 25.3 Å². The number of halogens is 6. The fourth-order valence-electron chi connectivity index (χ4n) is 2.63. The monoisotopic (exact) mass is 402 g/mol. The van der Waals surface area contributed by atoms with Gasteiger partial charge in [0.2, 0.25) is 6.43 Å². The Balaban J connectivity index is 2.37. The Morgan fingerprint density at radius 2 is 1.87 bits per heavy atom. The molecule has 3 nitrogen and oxygen atoms in total. The highest BCUT2D eigenvalue weighted by molar-refractivity contribution is 9.10. The van der Waals surface area contributed by atoms with Crippen LogP contribution in [-0.4, -0.2) is 43.9 Å². The quantitative estimate of drug-likeness (QED) is 0.754. The van der Waals surface area contributed by atoms with Gasteiger partial charge in [0.1, 0.15) is 5.75 Å². The van der Waals surface area contributed by atoms with Gasteiger partial charge in [-0.05, 0) is 18.2 Å². The molecule has 130 valence electrons. The maximum atomic E-state index is 13.0. The van der Waals surface area contributed by atoms with Crippen molar-refractivity contribution in [3.63, 3.8) is 0 Å². The third-order valence-electron chi connectivity index (χ3n) is 3.55. The van der Waals surface area contributed by atoms with E-state index in [9.17, 15) is 22.0 Å². The zero-order valence-electron chi connectivity index (χ0n) is 12.0. The Kier molecular flexibility index (Phi) is 6.21. The van der Waals surface area contributed by atoms with E-state index in [4.69, 9.17) is 0 Å². The van der Waals surface area contributed by atoms with E-state index in [1.54, 1.807) is 4.90 Å². The molecule has 0 saturated carbocycles. The lowest BCUT2D eigenvalue weighted by molar-refractivity contribution is -0.275. The lowest BCUT2D eigenvalue weighted by Gasteiger charge is -2.36. The number of piperazine rings is 1. The van der Waals surface area contributed by atoms with E-state index >= 15 is 0 Å². The summed E-state index contributed by atoms with van der Waals surface area (Å²) in [5.41, 5.74) is 0.110. The molecule has 9 heteroatoms. The molecule has 0 unspecified atom stereocenters. The molecular weight excluding hydrogens is 387 g/mol. The first-order chi connectivity index (χ1) is 10.8. The summed E-state index contributed by atoms with van der Waals surface area (Å²) >= 11 is 3.18. The average molecular weight is 403 g/mol. The van der Waals surface area contributed by atoms with Gasteiger partial charge in [0.15, 0.2) is 0 Å². The van der Waals surface area contributed by atoms with Gasteiger partial charge >= 0.3 is 6.36 Å². The van der Waals surface area contributed by atoms with Crippen LogP contribution in [0.25, 0.3) is 0 Å². The van der Waals surface area contributed by atoms with Crippen LogP contribution in [0.2, 0.25) is 0 Å². The minimum absolute atomic E-state index is 0.110. The molecule has 0 amide bonds. The molecule has 0 radical (unpaired) electrons. The van der Waals surface area contributed by atoms with Gasteiger partial charge in [-0.3, -0.25) is 4.90 Å². The number of hydrogen-bond donors (Lipinski definition) is 1. The fourth-order valence-corrected chi connectivity index (χ4v) is 3.01. The van der Waals surface area contributed by atoms with Crippen LogP contribution in [0.4, 0.5) is 22.0 Å². The third kappa shape index (κ3) is 5.58. The van der Waals surface area contributed by atoms with E-state index in [1.807, 2.05) is 0 Å². The molecule has 23 heavy (non-hydrogen) atoms. The van der Waals surface area contributed by atoms with Crippen molar-refractivity contribution in [2.75, 3.05) is 26.2 Å². The molecular formula is C14H16BrF5N2O. The number of nitrogens with one attached hydrogen (secondary N) is 1. The van der Waals surface area contributed by atoms with Crippen molar-refractivity contribution in [3.8, 4) is 5.75 Å². The summed E-state index contributed by atoms with van der Waals surface area (Å²) in [6.07, 6.45) is -8.06. The van der Waals surface area contributed by atoms with Crippen molar-refractivity contribution in [1.29, 1.82) is 0 Å². The Morgan fingerprint density at radius 1 is 1.22 bits per heavy atom. The number of rotatable bonds is 5. The number of benzene rings is 1. The first kappa shape index (κ1) is 18.4. The molecule has 0 aliphatic carbocycles. The van der Waals surface area contributed by atoms with Crippen molar-refractivity contribution in [2.24, 2.45) is 0 Å². The van der Waals surface area contributed by atoms with Gasteiger partial charge < -0.3 is 10.1 Å². The topological polar surface area (TPSA) is 24.5 Å². The second-order valence-corrected chi connectivity index (χ2v) is 6.07. The average Bonchev–Trinajstić information content (AvgIpc) is 2.46. The number of nitrogens with zero attached hydrogens (tertiary/aromatic N) is 1. The minimum Gasteiger partial charge on any atom is -0.405 e. The molecule has 0 bridgehead atoms. The van der Waals surface area contributed by atoms with E-state index in [1.165, 1.54) is 12.1 Å². The summed E-state index contributed by atoms with van der Waals surface area (Å²) in [7, 11) is 0. The summed E-state index contributed by atoms with van der Waals surface area (Å²) in [6, 6.07) is 3.11. The summed E-state index contributed by atoms with van der Waals surface area (Å²) in [5.74, 6) is -0.440. The second-order valence-electron chi connectivity index (χ2n) is 5.16. The summed E-state index contributed by atoms with van der Waals surface area (Å²) in [6.45, 7) is 2.16. The zero-order valence-corrected chi connectivity index (χ0v) is 13.6. The number of alkyl halides is 5. The highest BCUT2D eigenvalue weighted by Crippen LogP contribution is 2.38. The number of ether oxygens (including phenoxy) is 1. The fraction of sp³-hybridized carbons (Fsp3) is 0.571. The lowest BCUT2D eigenvalue weighted by atomic mass is 10.00. The lowest BCUT2D eigenvalue weighted by Crippen LogP contribution is -2.45. The molecule has 1 aromatic carbocycles. The van der Waals surface area contributed by atoms with Gasteiger partial charge in [0.05, 0.1) is 0 Å². The molecule has 1 N–H and O–H groups in total. The summed E-state index contributed by atoms with van der Waals surface area (Å²) in [5, 5.41) is 3.09. The molecule has 1 aliphatic rings. The van der Waals surface area contributed by atoms with Crippen molar-refractivity contribution in [1.82, 2.24) is 10.2 Å². The standard InChI is InChI=1S/C14H16BrF5N2O/c15-9-1-2-12(23-14(18,19)20)10(7-9)11(8-13(16)17)22-5-3-21-4-6-22/h1-2,7,11,13,21H,3-6,8H2/t11-/m0/s1. The molecule has 0 aromatic heterocycles. The van der Waals surface area contributed by atoms with Gasteiger partial charge in [-0.25, -0.2) is 8.78 Å². The summed E-state index contributed by atoms with van der Waals surface area (Å²) < 4.78 is 68.3. The molecule has 0 spiro atoms. The van der Waals surface area contributed by atoms with Crippen LogP contribution in [0.5, 0.6) is 5.75 Å². The van der Waals surface area contributed by atoms with Gasteiger partial charge in [-0.2, -0.15) is 0 Å². The Morgan fingerprint density at radius 3 is 2.43 bits per heavy atom. The third-order valence-corrected chi connectivity index (χ3v) is 4.04. The Hall–Kier alpha value is -0.930. The minimum atomic E-state index is -4.87. The van der Waals surface area contributed by atoms with Crippen molar-refractivity contribution in [3.05, 3.63) is 28.2 Å². The molecule has 1 aromatic rings. The molecule has 2 rings (SSSR count). The summed E-state index contributed by atoms with van der Waals surface area (Å²) in [4.78, 5) is 1.76. The molecule has 1 heterocycles. The van der Waals surface area contributed by atoms with E-state index in [-0.39, 0.29) is 5.56 Å². The predicted molar refractivity (Wildman–Crippen MR) is 78.6 cm³/mol. The second kappa shape index (κ2) is 7.76. The Labute approximate surface area is 138 Å². The van der Waals surface area contributed by atoms with E-state index < -0.39 is 31.0 Å². The van der Waals surface area contributed by atoms with Gasteiger partial charge in [0, 0.05) is 48.7 Å². The first-order valence-electron chi connectivity index (χ1n) is 7.04. The highest BCUT2D eigenvalue weighted by Gasteiger charge is 2.35. The van der Waals surface area contributed by atoms with Gasteiger partial charge in [-0.15, -0.1) is 13.2 Å². The van der Waals surface area contributed by atoms with E-state index in [0.29, 0.717) is 30.7 Å². The van der Waals surface area contributed by atoms with Crippen LogP contribution >= 0.6 is 15.9 Å². The van der Waals surface area contributed by atoms with Crippen LogP contribution in [0.3, 0.4) is 0 Å². The van der Waals surface area contributed by atoms with E-state index in [0.717, 1.165) is 6.07 Å². The largest absolute Gasteiger partial charge is 0.573 e. The number of hydrogen-bond acceptors (Lipinski definition) is 3. The SMILES string of the molecule is FC(F)C[C@@H](c1cc(Br)ccc1OC(F)(F)F)N1CCNCC1. The molecule has 1 aliphatic heterocycles. The van der Waals surface area contributed by atoms with Crippen LogP contribution in [0, 0.1) is 0 Å². The maximum absolute atomic E-state index is 13.0. The zero-order chi connectivity index (χ0) is 17.0. The normalized spacial score (nSPS) is 18.2. The Bertz CT molecular complexity index is 520. The smallest absolute Gasteiger partial charge is 0.405 e. The van der Waals surface area contributed by atoms with Crippen molar-refractivity contribution >= 4 is 15.9 Å². The molecule has 1 saturated heterocycles. The van der Waals surface area contributed by atoms with Crippen LogP contribution in [-0.2, 0) is 0 Å². The van der Waals surface area contributed by atoms with Gasteiger partial charge in [0.25, 0.3) is 0 Å². The van der Waals surface area contributed by atoms with Crippen LogP contribution < -0.4 is 10.1 Å². The van der Waals surface area contributed by atoms with Crippen LogP contribution in [0.15, 0.2) is 22.7 Å². The van der Waals surface area contributed by atoms with E-state index in [2.05, 4.69) is 26.0 Å². The molecule has 1 atom stereocenters.